The van der Waals surface area contributed by atoms with Gasteiger partial charge in [0, 0.05) is 80.1 Å². The Hall–Kier alpha value is -8.12. The zero-order valence-corrected chi connectivity index (χ0v) is 66.0. The number of anilines is 1. The van der Waals surface area contributed by atoms with E-state index in [1.807, 2.05) is 47.6 Å². The molecule has 13 atom stereocenters. The van der Waals surface area contributed by atoms with Gasteiger partial charge in [0.15, 0.2) is 11.7 Å². The number of carbonyl (C=O) groups is 11. The number of nitrogens with two attached hydrogens (primary N) is 1. The van der Waals surface area contributed by atoms with Crippen LogP contribution in [0.1, 0.15) is 161 Å². The number of likely N-dealkylation sites (N-methyl/N-ethyl adjacent to an activating group) is 7. The lowest BCUT2D eigenvalue weighted by Crippen LogP contribution is -2.63. The van der Waals surface area contributed by atoms with Crippen LogP contribution in [0.25, 0.3) is 10.4 Å². The number of rotatable bonds is 23. The third-order valence-corrected chi connectivity index (χ3v) is 19.5. The number of unbranched alkanes of at least 4 members (excludes halogenated alkanes) is 1. The van der Waals surface area contributed by atoms with Crippen LogP contribution in [-0.4, -0.2) is 256 Å². The molecule has 2 aromatic rings. The topological polar surface area (TPSA) is 361 Å². The Morgan fingerprint density at radius 3 is 1.68 bits per heavy atom. The van der Waals surface area contributed by atoms with Gasteiger partial charge in [0.1, 0.15) is 60.4 Å². The average Bonchev–Trinajstić information content (AvgIpc) is 1.27. The van der Waals surface area contributed by atoms with Crippen molar-refractivity contribution in [1.82, 2.24) is 65.5 Å². The van der Waals surface area contributed by atoms with Crippen molar-refractivity contribution < 1.29 is 67.4 Å². The summed E-state index contributed by atoms with van der Waals surface area (Å²) in [6.45, 7) is 27.0. The first-order valence-electron chi connectivity index (χ1n) is 35.9. The van der Waals surface area contributed by atoms with E-state index >= 15 is 24.0 Å². The fourth-order valence-corrected chi connectivity index (χ4v) is 13.0. The van der Waals surface area contributed by atoms with Crippen molar-refractivity contribution in [2.75, 3.05) is 68.2 Å². The van der Waals surface area contributed by atoms with Gasteiger partial charge in [-0.05, 0) is 114 Å². The molecular weight excluding hydrogens is 1340 g/mol. The molecule has 2 aromatic heterocycles. The first-order chi connectivity index (χ1) is 48.1. The van der Waals surface area contributed by atoms with E-state index in [4.69, 9.17) is 15.3 Å². The summed E-state index contributed by atoms with van der Waals surface area (Å²) in [7, 11) is 9.75. The third-order valence-electron chi connectivity index (χ3n) is 18.6. The third kappa shape index (κ3) is 25.6. The lowest BCUT2D eigenvalue weighted by molar-refractivity contribution is -0.157. The van der Waals surface area contributed by atoms with Gasteiger partial charge >= 0.3 is 0 Å². The standard InChI is InChI=1S/C73H121N15O14S/c1-24-26-29-46(13)62(90)61-66(94)80-52(25-2)68(96)82(17)39-57(89)86(21)60(49(16)101-33-28-27-32-77-102-40-51-31-30-50(37-75-51)56-38-76-73(74)103-56)65(93)81-58(44(9)10)71(99)83(18)53(34-41(3)4)64(92)78-47(14)63(91)79-48(15)67(95)84(19)54(35-42(5)6)69(97)85(20)55(36-43(7)8)70(98)87(22)59(45(11)12)72(100)88(61)23/h24,26,30-32,37-38,41-49,52-55,58-62,90H,25,27-29,33-36,39-40H2,1-23H3,(H2,74,76)(H,78,92)(H,79,91)(H,80,94)(H,81,93)/b26-24+,77-32+/t46-,47+,48-,49-,52+,53+,54+,55+,58+,59-,60+,61+,62-/m1/s1. The van der Waals surface area contributed by atoms with Crippen LogP contribution in [0.15, 0.2) is 41.8 Å². The monoisotopic (exact) mass is 1460 g/mol. The van der Waals surface area contributed by atoms with E-state index in [0.29, 0.717) is 23.7 Å². The van der Waals surface area contributed by atoms with E-state index in [1.54, 1.807) is 92.2 Å². The summed E-state index contributed by atoms with van der Waals surface area (Å²) in [4.78, 5) is 186. The Morgan fingerprint density at radius 1 is 0.612 bits per heavy atom. The second-order valence-corrected chi connectivity index (χ2v) is 30.3. The maximum atomic E-state index is 15.3. The Morgan fingerprint density at radius 2 is 1.16 bits per heavy atom. The molecule has 0 bridgehead atoms. The number of nitrogens with one attached hydrogen (secondary N) is 4. The molecule has 3 heterocycles. The number of carbonyl (C=O) groups excluding carboxylic acids is 11. The molecule has 103 heavy (non-hydrogen) atoms. The smallest absolute Gasteiger partial charge is 0.246 e. The lowest BCUT2D eigenvalue weighted by Gasteiger charge is -2.41. The molecule has 0 aliphatic carbocycles. The van der Waals surface area contributed by atoms with Gasteiger partial charge in [0.05, 0.1) is 29.3 Å². The predicted molar refractivity (Wildman–Crippen MR) is 397 cm³/mol. The number of aromatic nitrogens is 2. The predicted octanol–water partition coefficient (Wildman–Crippen LogP) is 4.71. The van der Waals surface area contributed by atoms with Gasteiger partial charge in [-0.2, -0.15) is 0 Å². The largest absolute Gasteiger partial charge is 0.390 e. The van der Waals surface area contributed by atoms with E-state index < -0.39 is 162 Å². The molecule has 30 heteroatoms. The number of hydrogen-bond acceptors (Lipinski definition) is 19. The van der Waals surface area contributed by atoms with E-state index in [9.17, 15) is 33.9 Å². The SMILES string of the molecule is C/C=C/C[C@@H](C)[C@@H](O)[C@H]1C(=O)N[C@@H](CC)C(=O)N(C)CC(=O)N(C)[C@@H]([C@@H](C)OCCC/C=N/OCc2ccc(-c3cnc(N)s3)cn2)C(=O)N[C@@H](C(C)C)C(=O)N(C)[C@@H](CC(C)C)C(=O)N[C@@H](C)C(=O)N[C@H](C)C(=O)N(C)[C@@H](CC(C)C)C(=O)N(C)[C@@H](CC(C)C)C(=O)N(C)[C@H](C(C)C)C(=O)N1C. The molecule has 3 rings (SSSR count). The molecule has 1 aliphatic heterocycles. The fourth-order valence-electron chi connectivity index (χ4n) is 12.3. The van der Waals surface area contributed by atoms with Crippen LogP contribution < -0.4 is 27.0 Å². The summed E-state index contributed by atoms with van der Waals surface area (Å²) >= 11 is 1.34. The summed E-state index contributed by atoms with van der Waals surface area (Å²) in [6.07, 6.45) is 7.26. The van der Waals surface area contributed by atoms with Crippen LogP contribution in [0.5, 0.6) is 0 Å². The number of nitrogens with zero attached hydrogens (tertiary/aromatic N) is 10. The van der Waals surface area contributed by atoms with Crippen LogP contribution in [0, 0.1) is 35.5 Å². The normalized spacial score (nSPS) is 24.6. The Balaban J connectivity index is 2.21. The number of amides is 11. The summed E-state index contributed by atoms with van der Waals surface area (Å²) in [5.74, 6) is -10.4. The van der Waals surface area contributed by atoms with Gasteiger partial charge < -0.3 is 76.0 Å². The first kappa shape index (κ1) is 89.1. The number of thiazole rings is 1. The second kappa shape index (κ2) is 42.0. The van der Waals surface area contributed by atoms with E-state index in [-0.39, 0.29) is 63.1 Å². The van der Waals surface area contributed by atoms with Crippen LogP contribution in [0.3, 0.4) is 0 Å². The van der Waals surface area contributed by atoms with Crippen molar-refractivity contribution in [3.8, 4) is 10.4 Å². The molecule has 1 fully saturated rings. The molecule has 578 valence electrons. The summed E-state index contributed by atoms with van der Waals surface area (Å²) in [6, 6.07) is -9.45. The maximum Gasteiger partial charge on any atom is 0.246 e. The Bertz CT molecular complexity index is 3220. The highest BCUT2D eigenvalue weighted by molar-refractivity contribution is 7.18. The molecule has 7 N–H and O–H groups in total. The molecule has 11 amide bonds. The zero-order valence-electron chi connectivity index (χ0n) is 65.2. The highest BCUT2D eigenvalue weighted by Gasteiger charge is 2.46. The van der Waals surface area contributed by atoms with Gasteiger partial charge in [-0.1, -0.05) is 118 Å². The van der Waals surface area contributed by atoms with E-state index in [0.717, 1.165) is 25.1 Å². The highest BCUT2D eigenvalue weighted by Crippen LogP contribution is 2.28. The van der Waals surface area contributed by atoms with Crippen LogP contribution >= 0.6 is 11.3 Å². The second-order valence-electron chi connectivity index (χ2n) is 29.3. The molecule has 1 aliphatic rings. The van der Waals surface area contributed by atoms with Gasteiger partial charge in [-0.15, -0.1) is 0 Å². The minimum absolute atomic E-state index is 0.0282. The lowest BCUT2D eigenvalue weighted by atomic mass is 9.91. The number of aliphatic hydroxyl groups excluding tert-OH is 1. The van der Waals surface area contributed by atoms with Gasteiger partial charge in [0.25, 0.3) is 0 Å². The van der Waals surface area contributed by atoms with Crippen molar-refractivity contribution in [2.24, 2.45) is 40.7 Å². The molecule has 0 aromatic carbocycles. The number of pyridine rings is 1. The number of aliphatic hydroxyl groups is 1. The summed E-state index contributed by atoms with van der Waals surface area (Å²) in [5, 5.41) is 27.7. The number of oxime groups is 1. The van der Waals surface area contributed by atoms with Gasteiger partial charge in [0.2, 0.25) is 65.0 Å². The highest BCUT2D eigenvalue weighted by atomic mass is 32.1. The maximum absolute atomic E-state index is 15.3. The van der Waals surface area contributed by atoms with Crippen molar-refractivity contribution >= 4 is 87.7 Å². The van der Waals surface area contributed by atoms with Crippen molar-refractivity contribution in [3.05, 3.63) is 42.4 Å². The van der Waals surface area contributed by atoms with Crippen LogP contribution in [0.4, 0.5) is 5.13 Å². The quantitative estimate of drug-likeness (QED) is 0.0380. The molecule has 1 saturated heterocycles. The minimum Gasteiger partial charge on any atom is -0.390 e. The van der Waals surface area contributed by atoms with E-state index in [2.05, 4.69) is 36.4 Å². The summed E-state index contributed by atoms with van der Waals surface area (Å²) < 4.78 is 6.27. The van der Waals surface area contributed by atoms with Crippen molar-refractivity contribution in [2.45, 2.75) is 235 Å². The Kier molecular flexibility index (Phi) is 36.3. The first-order valence-corrected chi connectivity index (χ1v) is 36.7. The van der Waals surface area contributed by atoms with Crippen LogP contribution in [0.2, 0.25) is 0 Å². The number of ether oxygens (including phenoxy) is 1. The average molecular weight is 1460 g/mol. The fraction of sp³-hybridized carbons (Fsp3) is 0.699. The number of allylic oxidation sites excluding steroid dienone is 2. The van der Waals surface area contributed by atoms with E-state index in [1.165, 1.54) is 94.1 Å². The van der Waals surface area contributed by atoms with Gasteiger partial charge in [-0.25, -0.2) is 4.98 Å². The van der Waals surface area contributed by atoms with Crippen molar-refractivity contribution in [1.29, 1.82) is 0 Å². The summed E-state index contributed by atoms with van der Waals surface area (Å²) in [5.41, 5.74) is 7.27. The zero-order chi connectivity index (χ0) is 78.2. The Labute approximate surface area is 614 Å². The number of hydrogen-bond donors (Lipinski definition) is 6. The molecule has 0 saturated carbocycles. The molecule has 0 radical (unpaired) electrons. The molecule has 0 spiro atoms. The van der Waals surface area contributed by atoms with Gasteiger partial charge in [-0.3, -0.25) is 57.7 Å². The van der Waals surface area contributed by atoms with Crippen LogP contribution in [-0.2, 0) is 68.9 Å². The van der Waals surface area contributed by atoms with Crippen molar-refractivity contribution in [3.63, 3.8) is 0 Å². The minimum atomic E-state index is -1.66. The molecule has 29 nitrogen and oxygen atoms in total. The number of nitrogen functional groups attached to an aromatic ring is 1. The molecule has 0 unspecified atom stereocenters. The molecular formula is C73H121N15O14S.